The number of nitrogens with two attached hydrogens (primary N) is 1. The molecule has 0 unspecified atom stereocenters. The number of sulfonamides is 1. The molecule has 0 bridgehead atoms. The first kappa shape index (κ1) is 15.9. The molecule has 0 saturated carbocycles. The Morgan fingerprint density at radius 3 is 2.70 bits per heavy atom. The molecule has 2 rings (SSSR count). The molecule has 0 amide bonds. The summed E-state index contributed by atoms with van der Waals surface area (Å²) in [6, 6.07) is 3.01. The van der Waals surface area contributed by atoms with Crippen LogP contribution in [0.15, 0.2) is 17.0 Å². The lowest BCUT2D eigenvalue weighted by molar-refractivity contribution is 0.476. The van der Waals surface area contributed by atoms with Crippen LogP contribution in [0.4, 0.5) is 5.69 Å². The highest BCUT2D eigenvalue weighted by molar-refractivity contribution is 7.99. The lowest BCUT2D eigenvalue weighted by Gasteiger charge is -2.21. The summed E-state index contributed by atoms with van der Waals surface area (Å²) < 4.78 is 27.4. The molecular formula is C13H19ClN2O2S2. The van der Waals surface area contributed by atoms with Crippen LogP contribution in [0.1, 0.15) is 18.4 Å². The van der Waals surface area contributed by atoms with E-state index in [4.69, 9.17) is 17.3 Å². The van der Waals surface area contributed by atoms with Gasteiger partial charge in [-0.1, -0.05) is 11.6 Å². The van der Waals surface area contributed by atoms with Gasteiger partial charge in [-0.25, -0.2) is 13.1 Å². The number of anilines is 1. The van der Waals surface area contributed by atoms with Gasteiger partial charge in [-0.15, -0.1) is 0 Å². The third-order valence-corrected chi connectivity index (χ3v) is 6.37. The number of nitrogen functional groups attached to an aromatic ring is 1. The van der Waals surface area contributed by atoms with Gasteiger partial charge in [0.1, 0.15) is 0 Å². The van der Waals surface area contributed by atoms with Gasteiger partial charge in [0.2, 0.25) is 10.0 Å². The van der Waals surface area contributed by atoms with E-state index in [1.165, 1.54) is 6.07 Å². The molecule has 0 spiro atoms. The van der Waals surface area contributed by atoms with E-state index in [0.29, 0.717) is 28.7 Å². The topological polar surface area (TPSA) is 72.2 Å². The number of rotatable bonds is 4. The molecule has 7 heteroatoms. The van der Waals surface area contributed by atoms with Gasteiger partial charge in [-0.05, 0) is 54.9 Å². The van der Waals surface area contributed by atoms with Crippen LogP contribution in [0.3, 0.4) is 0 Å². The van der Waals surface area contributed by atoms with Crippen molar-refractivity contribution < 1.29 is 8.42 Å². The number of benzene rings is 1. The summed E-state index contributed by atoms with van der Waals surface area (Å²) in [5, 5.41) is 0.336. The minimum atomic E-state index is -3.56. The normalized spacial score (nSPS) is 17.3. The summed E-state index contributed by atoms with van der Waals surface area (Å²) in [7, 11) is -3.56. The predicted molar refractivity (Wildman–Crippen MR) is 85.8 cm³/mol. The van der Waals surface area contributed by atoms with E-state index in [-0.39, 0.29) is 4.90 Å². The first-order valence-corrected chi connectivity index (χ1v) is 9.55. The Balaban J connectivity index is 2.14. The molecule has 1 aliphatic rings. The van der Waals surface area contributed by atoms with Crippen molar-refractivity contribution in [1.82, 2.24) is 4.72 Å². The van der Waals surface area contributed by atoms with Crippen molar-refractivity contribution in [2.75, 3.05) is 23.8 Å². The van der Waals surface area contributed by atoms with Crippen molar-refractivity contribution in [2.45, 2.75) is 24.7 Å². The summed E-state index contributed by atoms with van der Waals surface area (Å²) in [5.74, 6) is 2.63. The SMILES string of the molecule is Cc1c(N)cc(Cl)cc1S(=O)(=O)NCC1CCSCC1. The van der Waals surface area contributed by atoms with Gasteiger partial charge in [-0.3, -0.25) is 0 Å². The van der Waals surface area contributed by atoms with Gasteiger partial charge in [-0.2, -0.15) is 11.8 Å². The van der Waals surface area contributed by atoms with E-state index in [2.05, 4.69) is 4.72 Å². The quantitative estimate of drug-likeness (QED) is 0.830. The Morgan fingerprint density at radius 1 is 1.40 bits per heavy atom. The molecule has 4 nitrogen and oxygen atoms in total. The number of thioether (sulfide) groups is 1. The van der Waals surface area contributed by atoms with Crippen molar-refractivity contribution in [3.8, 4) is 0 Å². The monoisotopic (exact) mass is 334 g/mol. The van der Waals surface area contributed by atoms with E-state index in [1.54, 1.807) is 13.0 Å². The van der Waals surface area contributed by atoms with E-state index < -0.39 is 10.0 Å². The van der Waals surface area contributed by atoms with E-state index >= 15 is 0 Å². The minimum absolute atomic E-state index is 0.174. The molecule has 20 heavy (non-hydrogen) atoms. The fraction of sp³-hybridized carbons (Fsp3) is 0.538. The third-order valence-electron chi connectivity index (χ3n) is 3.56. The molecule has 3 N–H and O–H groups in total. The lowest BCUT2D eigenvalue weighted by Crippen LogP contribution is -2.31. The summed E-state index contributed by atoms with van der Waals surface area (Å²) in [4.78, 5) is 0.174. The van der Waals surface area contributed by atoms with Crippen LogP contribution in [-0.2, 0) is 10.0 Å². The highest BCUT2D eigenvalue weighted by atomic mass is 35.5. The van der Waals surface area contributed by atoms with Crippen LogP contribution in [-0.4, -0.2) is 26.5 Å². The summed E-state index contributed by atoms with van der Waals surface area (Å²) in [6.45, 7) is 2.17. The lowest BCUT2D eigenvalue weighted by atomic mass is 10.0. The summed E-state index contributed by atoms with van der Waals surface area (Å²) in [6.07, 6.45) is 2.12. The number of halogens is 1. The second kappa shape index (κ2) is 6.56. The van der Waals surface area contributed by atoms with Crippen molar-refractivity contribution in [2.24, 2.45) is 5.92 Å². The molecule has 1 heterocycles. The molecule has 0 aromatic heterocycles. The summed E-state index contributed by atoms with van der Waals surface area (Å²) >= 11 is 7.83. The Morgan fingerprint density at radius 2 is 2.05 bits per heavy atom. The molecule has 1 fully saturated rings. The first-order valence-electron chi connectivity index (χ1n) is 6.53. The van der Waals surface area contributed by atoms with E-state index in [0.717, 1.165) is 24.3 Å². The molecule has 1 aliphatic heterocycles. The third kappa shape index (κ3) is 3.81. The molecular weight excluding hydrogens is 316 g/mol. The smallest absolute Gasteiger partial charge is 0.240 e. The van der Waals surface area contributed by atoms with Crippen LogP contribution < -0.4 is 10.5 Å². The fourth-order valence-corrected chi connectivity index (χ4v) is 5.12. The minimum Gasteiger partial charge on any atom is -0.398 e. The predicted octanol–water partition coefficient (Wildman–Crippen LogP) is 2.65. The standard InChI is InChI=1S/C13H19ClN2O2S2/c1-9-12(15)6-11(14)7-13(9)20(17,18)16-8-10-2-4-19-5-3-10/h6-7,10,16H,2-5,8,15H2,1H3. The van der Waals surface area contributed by atoms with Crippen molar-refractivity contribution >= 4 is 39.1 Å². The molecule has 0 radical (unpaired) electrons. The molecule has 1 aromatic rings. The Hall–Kier alpha value is -0.430. The molecule has 1 saturated heterocycles. The average Bonchev–Trinajstić information content (AvgIpc) is 2.42. The molecule has 1 aromatic carbocycles. The fourth-order valence-electron chi connectivity index (χ4n) is 2.21. The van der Waals surface area contributed by atoms with Crippen molar-refractivity contribution in [3.05, 3.63) is 22.7 Å². The number of hydrogen-bond donors (Lipinski definition) is 2. The largest absolute Gasteiger partial charge is 0.398 e. The van der Waals surface area contributed by atoms with Crippen LogP contribution in [0, 0.1) is 12.8 Å². The van der Waals surface area contributed by atoms with E-state index in [9.17, 15) is 8.42 Å². The summed E-state index contributed by atoms with van der Waals surface area (Å²) in [5.41, 5.74) is 6.72. The average molecular weight is 335 g/mol. The van der Waals surface area contributed by atoms with Crippen LogP contribution >= 0.6 is 23.4 Å². The van der Waals surface area contributed by atoms with Crippen LogP contribution in [0.2, 0.25) is 5.02 Å². The Labute approximate surface area is 129 Å². The van der Waals surface area contributed by atoms with Gasteiger partial charge in [0, 0.05) is 17.3 Å². The second-order valence-corrected chi connectivity index (χ2v) is 8.42. The maximum Gasteiger partial charge on any atom is 0.240 e. The molecule has 112 valence electrons. The highest BCUT2D eigenvalue weighted by Crippen LogP contribution is 2.27. The first-order chi connectivity index (χ1) is 9.40. The zero-order valence-corrected chi connectivity index (χ0v) is 13.7. The van der Waals surface area contributed by atoms with Gasteiger partial charge >= 0.3 is 0 Å². The van der Waals surface area contributed by atoms with Gasteiger partial charge in [0.05, 0.1) is 4.90 Å². The maximum atomic E-state index is 12.4. The highest BCUT2D eigenvalue weighted by Gasteiger charge is 2.21. The second-order valence-electron chi connectivity index (χ2n) is 5.03. The molecule has 0 aliphatic carbocycles. The Kier molecular flexibility index (Phi) is 5.23. The number of nitrogens with one attached hydrogen (secondary N) is 1. The zero-order chi connectivity index (χ0) is 14.8. The maximum absolute atomic E-state index is 12.4. The zero-order valence-electron chi connectivity index (χ0n) is 11.4. The number of hydrogen-bond acceptors (Lipinski definition) is 4. The van der Waals surface area contributed by atoms with Crippen molar-refractivity contribution in [3.63, 3.8) is 0 Å². The van der Waals surface area contributed by atoms with Gasteiger partial charge < -0.3 is 5.73 Å². The van der Waals surface area contributed by atoms with Gasteiger partial charge in [0.15, 0.2) is 0 Å². The van der Waals surface area contributed by atoms with Crippen LogP contribution in [0.25, 0.3) is 0 Å². The Bertz CT molecular complexity index is 584. The van der Waals surface area contributed by atoms with E-state index in [1.807, 2.05) is 11.8 Å². The van der Waals surface area contributed by atoms with Gasteiger partial charge in [0.25, 0.3) is 0 Å². The van der Waals surface area contributed by atoms with Crippen LogP contribution in [0.5, 0.6) is 0 Å². The molecule has 0 atom stereocenters. The van der Waals surface area contributed by atoms with Crippen molar-refractivity contribution in [1.29, 1.82) is 0 Å².